The third kappa shape index (κ3) is 2.46. The number of hydrogen-bond donors (Lipinski definition) is 4. The van der Waals surface area contributed by atoms with Crippen molar-refractivity contribution in [1.29, 1.82) is 0 Å². The molecule has 0 bridgehead atoms. The van der Waals surface area contributed by atoms with Gasteiger partial charge in [0.05, 0.1) is 17.8 Å². The number of aliphatic hydroxyl groups is 2. The van der Waals surface area contributed by atoms with Gasteiger partial charge in [-0.25, -0.2) is 0 Å². The van der Waals surface area contributed by atoms with Crippen LogP contribution >= 0.6 is 0 Å². The van der Waals surface area contributed by atoms with Gasteiger partial charge in [0.2, 0.25) is 0 Å². The van der Waals surface area contributed by atoms with Crippen molar-refractivity contribution in [3.8, 4) is 17.2 Å². The number of aldehydes is 1. The van der Waals surface area contributed by atoms with E-state index in [9.17, 15) is 25.2 Å². The normalized spacial score (nSPS) is 44.3. The van der Waals surface area contributed by atoms with Gasteiger partial charge in [0.1, 0.15) is 11.4 Å². The Labute approximate surface area is 189 Å². The van der Waals surface area contributed by atoms with E-state index in [1.165, 1.54) is 6.07 Å². The van der Waals surface area contributed by atoms with Crippen LogP contribution in [0.3, 0.4) is 0 Å². The van der Waals surface area contributed by atoms with Crippen LogP contribution < -0.4 is 4.74 Å². The number of hydrogen-bond acceptors (Lipinski definition) is 6. The summed E-state index contributed by atoms with van der Waals surface area (Å²) in [4.78, 5) is 11.7. The average molecular weight is 445 g/mol. The number of benzene rings is 1. The van der Waals surface area contributed by atoms with Gasteiger partial charge in [0.25, 0.3) is 0 Å². The summed E-state index contributed by atoms with van der Waals surface area (Å²) >= 11 is 0. The Morgan fingerprint density at radius 1 is 0.969 bits per heavy atom. The minimum Gasteiger partial charge on any atom is -0.504 e. The van der Waals surface area contributed by atoms with Crippen molar-refractivity contribution < 1.29 is 30.0 Å². The minimum atomic E-state index is -0.963. The second-order valence-electron chi connectivity index (χ2n) is 12.0. The summed E-state index contributed by atoms with van der Waals surface area (Å²) in [5, 5.41) is 42.9. The van der Waals surface area contributed by atoms with Crippen LogP contribution in [-0.4, -0.2) is 44.5 Å². The highest BCUT2D eigenvalue weighted by molar-refractivity contribution is 5.83. The molecule has 6 heteroatoms. The van der Waals surface area contributed by atoms with Gasteiger partial charge in [-0.1, -0.05) is 27.7 Å². The number of aromatic hydroxyl groups is 2. The van der Waals surface area contributed by atoms with Crippen molar-refractivity contribution in [2.24, 2.45) is 28.1 Å². The Bertz CT molecular complexity index is 972. The molecule has 1 spiro atoms. The van der Waals surface area contributed by atoms with Crippen LogP contribution in [0.25, 0.3) is 0 Å². The van der Waals surface area contributed by atoms with Gasteiger partial charge in [-0.2, -0.15) is 0 Å². The zero-order valence-corrected chi connectivity index (χ0v) is 19.5. The maximum absolute atomic E-state index is 11.7. The number of aliphatic hydroxyl groups excluding tert-OH is 2. The van der Waals surface area contributed by atoms with E-state index in [4.69, 9.17) is 4.74 Å². The Morgan fingerprint density at radius 3 is 2.38 bits per heavy atom. The van der Waals surface area contributed by atoms with Crippen LogP contribution in [0.2, 0.25) is 0 Å². The fourth-order valence-electron chi connectivity index (χ4n) is 8.71. The highest BCUT2D eigenvalue weighted by Crippen LogP contribution is 2.71. The van der Waals surface area contributed by atoms with Gasteiger partial charge in [0.15, 0.2) is 17.8 Å². The first-order valence-corrected chi connectivity index (χ1v) is 12.0. The highest BCUT2D eigenvalue weighted by atomic mass is 16.5. The van der Waals surface area contributed by atoms with E-state index in [-0.39, 0.29) is 51.8 Å². The van der Waals surface area contributed by atoms with Gasteiger partial charge in [0, 0.05) is 17.4 Å². The van der Waals surface area contributed by atoms with Gasteiger partial charge in [-0.15, -0.1) is 0 Å². The maximum atomic E-state index is 11.7. The standard InChI is InChI=1S/C26H36O6/c1-23(2)17-7-10-25(4)18(24(17,3)9-8-19(23)29)5-6-20(30)26(25)12-15-21(31)16(28)11-14(13-27)22(15)32-26/h11,13,17-20,28-31H,5-10,12H2,1-4H3/t17-,18+,19-,20-,24-,25+,26-/m0/s1. The average Bonchev–Trinajstić information content (AvgIpc) is 3.15. The molecule has 0 aromatic heterocycles. The first-order valence-electron chi connectivity index (χ1n) is 12.0. The van der Waals surface area contributed by atoms with Crippen molar-refractivity contribution >= 4 is 6.29 Å². The third-order valence-corrected chi connectivity index (χ3v) is 10.5. The summed E-state index contributed by atoms with van der Waals surface area (Å²) in [5.74, 6) is 0.340. The van der Waals surface area contributed by atoms with E-state index in [0.717, 1.165) is 32.1 Å². The van der Waals surface area contributed by atoms with E-state index in [0.29, 0.717) is 29.9 Å². The van der Waals surface area contributed by atoms with Gasteiger partial charge >= 0.3 is 0 Å². The Balaban J connectivity index is 1.62. The first kappa shape index (κ1) is 22.0. The minimum absolute atomic E-state index is 0.00131. The van der Waals surface area contributed by atoms with Crippen molar-refractivity contribution in [2.75, 3.05) is 0 Å². The molecule has 1 aromatic rings. The molecule has 176 valence electrons. The lowest BCUT2D eigenvalue weighted by molar-refractivity contribution is -0.251. The fourth-order valence-corrected chi connectivity index (χ4v) is 8.71. The Hall–Kier alpha value is -1.79. The molecule has 4 N–H and O–H groups in total. The molecule has 7 atom stereocenters. The number of ether oxygens (including phenoxy) is 1. The van der Waals surface area contributed by atoms with E-state index in [1.54, 1.807) is 0 Å². The molecule has 1 aliphatic heterocycles. The smallest absolute Gasteiger partial charge is 0.164 e. The van der Waals surface area contributed by atoms with E-state index in [2.05, 4.69) is 27.7 Å². The molecule has 32 heavy (non-hydrogen) atoms. The number of rotatable bonds is 1. The zero-order valence-electron chi connectivity index (χ0n) is 19.5. The van der Waals surface area contributed by atoms with Crippen molar-refractivity contribution in [3.63, 3.8) is 0 Å². The van der Waals surface area contributed by atoms with Crippen molar-refractivity contribution in [3.05, 3.63) is 17.2 Å². The summed E-state index contributed by atoms with van der Waals surface area (Å²) in [7, 11) is 0. The second-order valence-corrected chi connectivity index (χ2v) is 12.0. The van der Waals surface area contributed by atoms with Gasteiger partial charge in [-0.3, -0.25) is 4.79 Å². The lowest BCUT2D eigenvalue weighted by Crippen LogP contribution is -2.70. The second kappa shape index (κ2) is 6.63. The predicted octanol–water partition coefficient (Wildman–Crippen LogP) is 3.96. The molecule has 0 radical (unpaired) electrons. The highest BCUT2D eigenvalue weighted by Gasteiger charge is 2.70. The molecule has 0 unspecified atom stereocenters. The monoisotopic (exact) mass is 444 g/mol. The molecule has 0 amide bonds. The Kier molecular flexibility index (Phi) is 4.56. The SMILES string of the molecule is CC1(C)[C@@H](O)CC[C@]2(C)[C@H]3CC[C@H](O)[C@@]4(Cc5c(O)c(O)cc(C=O)c5O4)[C@]3(C)CC[C@@H]12. The molecule has 4 aliphatic rings. The fraction of sp³-hybridized carbons (Fsp3) is 0.731. The molecule has 6 nitrogen and oxygen atoms in total. The summed E-state index contributed by atoms with van der Waals surface area (Å²) in [6.07, 6.45) is 4.80. The molecule has 1 heterocycles. The molecular weight excluding hydrogens is 408 g/mol. The summed E-state index contributed by atoms with van der Waals surface area (Å²) in [6, 6.07) is 1.23. The van der Waals surface area contributed by atoms with Crippen molar-refractivity contribution in [2.45, 2.75) is 90.4 Å². The largest absolute Gasteiger partial charge is 0.504 e. The van der Waals surface area contributed by atoms with Crippen LogP contribution in [0.15, 0.2) is 6.07 Å². The number of carbonyl (C=O) groups excluding carboxylic acids is 1. The zero-order chi connectivity index (χ0) is 23.3. The number of carbonyl (C=O) groups is 1. The number of phenolic OH excluding ortho intramolecular Hbond substituents is 2. The third-order valence-electron chi connectivity index (χ3n) is 10.5. The maximum Gasteiger partial charge on any atom is 0.164 e. The molecule has 3 saturated carbocycles. The molecule has 3 aliphatic carbocycles. The summed E-state index contributed by atoms with van der Waals surface area (Å²) in [5.41, 5.74) is -0.901. The van der Waals surface area contributed by atoms with Crippen LogP contribution in [-0.2, 0) is 6.42 Å². The topological polar surface area (TPSA) is 107 Å². The Morgan fingerprint density at radius 2 is 1.69 bits per heavy atom. The van der Waals surface area contributed by atoms with E-state index >= 15 is 0 Å². The molecule has 1 aromatic carbocycles. The quantitative estimate of drug-likeness (QED) is 0.386. The van der Waals surface area contributed by atoms with Gasteiger partial charge in [-0.05, 0) is 67.3 Å². The molecule has 3 fully saturated rings. The van der Waals surface area contributed by atoms with Crippen molar-refractivity contribution in [1.82, 2.24) is 0 Å². The molecule has 5 rings (SSSR count). The van der Waals surface area contributed by atoms with Crippen LogP contribution in [0.4, 0.5) is 0 Å². The summed E-state index contributed by atoms with van der Waals surface area (Å²) in [6.45, 7) is 8.95. The lowest BCUT2D eigenvalue weighted by atomic mass is 9.38. The van der Waals surface area contributed by atoms with Gasteiger partial charge < -0.3 is 25.2 Å². The lowest BCUT2D eigenvalue weighted by Gasteiger charge is -2.68. The van der Waals surface area contributed by atoms with E-state index < -0.39 is 11.7 Å². The first-order chi connectivity index (χ1) is 14.9. The predicted molar refractivity (Wildman–Crippen MR) is 119 cm³/mol. The molecular formula is C26H36O6. The van der Waals surface area contributed by atoms with Crippen LogP contribution in [0.1, 0.15) is 82.1 Å². The van der Waals surface area contributed by atoms with Crippen LogP contribution in [0, 0.1) is 28.1 Å². The van der Waals surface area contributed by atoms with Crippen LogP contribution in [0.5, 0.6) is 17.2 Å². The molecule has 0 saturated heterocycles. The number of phenols is 2. The van der Waals surface area contributed by atoms with E-state index in [1.807, 2.05) is 0 Å². The number of fused-ring (bicyclic) bond motifs is 5. The summed E-state index contributed by atoms with van der Waals surface area (Å²) < 4.78 is 6.57.